The quantitative estimate of drug-likeness (QED) is 0.762. The fourth-order valence-corrected chi connectivity index (χ4v) is 6.27. The Labute approximate surface area is 178 Å². The number of hydrogen-bond donors (Lipinski definition) is 2. The molecule has 9 heteroatoms. The summed E-state index contributed by atoms with van der Waals surface area (Å²) < 4.78 is 27.8. The van der Waals surface area contributed by atoms with Crippen molar-refractivity contribution in [2.75, 3.05) is 32.5 Å². The Kier molecular flexibility index (Phi) is 5.65. The molecule has 0 aromatic heterocycles. The Bertz CT molecular complexity index is 933. The molecule has 1 fully saturated rings. The van der Waals surface area contributed by atoms with E-state index in [0.717, 1.165) is 44.2 Å². The summed E-state index contributed by atoms with van der Waals surface area (Å²) in [5, 5.41) is 2.20. The first-order valence-corrected chi connectivity index (χ1v) is 12.3. The van der Waals surface area contributed by atoms with Crippen molar-refractivity contribution in [3.8, 4) is 0 Å². The van der Waals surface area contributed by atoms with Crippen LogP contribution in [0.25, 0.3) is 0 Å². The van der Waals surface area contributed by atoms with Gasteiger partial charge in [0.25, 0.3) is 0 Å². The van der Waals surface area contributed by atoms with E-state index in [1.165, 1.54) is 27.2 Å². The van der Waals surface area contributed by atoms with Crippen LogP contribution in [-0.4, -0.2) is 62.7 Å². The van der Waals surface area contributed by atoms with Gasteiger partial charge in [0.05, 0.1) is 5.25 Å². The number of nitrogens with one attached hydrogen (secondary N) is 2. The minimum Gasteiger partial charge on any atom is -0.331 e. The number of fused-ring (bicyclic) bond motifs is 2. The average Bonchev–Trinajstić information content (AvgIpc) is 3.36. The molecule has 1 aromatic rings. The minimum atomic E-state index is -3.81. The first kappa shape index (κ1) is 21.0. The van der Waals surface area contributed by atoms with Gasteiger partial charge < -0.3 is 15.1 Å². The molecule has 0 unspecified atom stereocenters. The first-order valence-electron chi connectivity index (χ1n) is 10.7. The van der Waals surface area contributed by atoms with Gasteiger partial charge in [-0.05, 0) is 73.6 Å². The molecule has 2 N–H and O–H groups in total. The molecule has 1 aliphatic heterocycles. The van der Waals surface area contributed by atoms with Gasteiger partial charge in [-0.3, -0.25) is 0 Å². The molecule has 0 atom stereocenters. The van der Waals surface area contributed by atoms with Crippen molar-refractivity contribution in [3.63, 3.8) is 0 Å². The fraction of sp³-hybridized carbons (Fsp3) is 0.619. The molecule has 164 valence electrons. The highest BCUT2D eigenvalue weighted by molar-refractivity contribution is 7.90. The molecule has 1 heterocycles. The van der Waals surface area contributed by atoms with Crippen molar-refractivity contribution in [2.45, 2.75) is 56.6 Å². The van der Waals surface area contributed by atoms with Gasteiger partial charge in [0.1, 0.15) is 0 Å². The molecule has 0 radical (unpaired) electrons. The lowest BCUT2D eigenvalue weighted by molar-refractivity contribution is 0.161. The van der Waals surface area contributed by atoms with Gasteiger partial charge in [0.15, 0.2) is 0 Å². The highest BCUT2D eigenvalue weighted by atomic mass is 32.2. The lowest BCUT2D eigenvalue weighted by atomic mass is 9.99. The van der Waals surface area contributed by atoms with Gasteiger partial charge in [0, 0.05) is 32.9 Å². The van der Waals surface area contributed by atoms with Crippen LogP contribution in [0.15, 0.2) is 6.07 Å². The number of benzene rings is 1. The average molecular weight is 435 g/mol. The van der Waals surface area contributed by atoms with Crippen LogP contribution in [-0.2, 0) is 35.7 Å². The number of sulfonamides is 1. The Morgan fingerprint density at radius 3 is 2.10 bits per heavy atom. The normalized spacial score (nSPS) is 18.7. The van der Waals surface area contributed by atoms with E-state index in [2.05, 4.69) is 16.1 Å². The molecule has 30 heavy (non-hydrogen) atoms. The van der Waals surface area contributed by atoms with E-state index in [1.54, 1.807) is 19.0 Å². The number of rotatable bonds is 3. The summed E-state index contributed by atoms with van der Waals surface area (Å²) >= 11 is 0. The van der Waals surface area contributed by atoms with Crippen LogP contribution in [0.4, 0.5) is 15.3 Å². The summed E-state index contributed by atoms with van der Waals surface area (Å²) in [5.41, 5.74) is 5.73. The number of urea groups is 2. The molecule has 2 aliphatic carbocycles. The highest BCUT2D eigenvalue weighted by Crippen LogP contribution is 2.38. The number of carbonyl (C=O) groups excluding carboxylic acids is 2. The lowest BCUT2D eigenvalue weighted by Crippen LogP contribution is -2.49. The number of carbonyl (C=O) groups is 2. The van der Waals surface area contributed by atoms with Gasteiger partial charge in [-0.2, -0.15) is 0 Å². The third-order valence-electron chi connectivity index (χ3n) is 6.48. The molecule has 1 aromatic carbocycles. The number of hydrogen-bond acceptors (Lipinski definition) is 4. The van der Waals surface area contributed by atoms with Crippen molar-refractivity contribution in [1.82, 2.24) is 14.5 Å². The predicted octanol–water partition coefficient (Wildman–Crippen LogP) is 2.26. The molecule has 4 amide bonds. The number of aryl methyl sites for hydroxylation is 2. The van der Waals surface area contributed by atoms with Crippen LogP contribution in [0, 0.1) is 0 Å². The highest BCUT2D eigenvalue weighted by Gasteiger charge is 2.34. The maximum absolute atomic E-state index is 12.8. The van der Waals surface area contributed by atoms with E-state index in [0.29, 0.717) is 25.9 Å². The largest absolute Gasteiger partial charge is 0.332 e. The Balaban J connectivity index is 1.42. The molecule has 0 spiro atoms. The summed E-state index contributed by atoms with van der Waals surface area (Å²) in [5.74, 6) is 0. The van der Waals surface area contributed by atoms with Crippen molar-refractivity contribution in [3.05, 3.63) is 28.3 Å². The molecular formula is C21H30N4O4S. The van der Waals surface area contributed by atoms with Gasteiger partial charge in [0.2, 0.25) is 10.0 Å². The molecule has 8 nitrogen and oxygen atoms in total. The minimum absolute atomic E-state index is 0.122. The van der Waals surface area contributed by atoms with Crippen LogP contribution in [0.2, 0.25) is 0 Å². The third-order valence-corrected chi connectivity index (χ3v) is 8.30. The van der Waals surface area contributed by atoms with E-state index in [1.807, 2.05) is 0 Å². The third kappa shape index (κ3) is 3.99. The Morgan fingerprint density at radius 2 is 1.57 bits per heavy atom. The standard InChI is InChI=1S/C21H30N4O4S/c1-24(2)21(27)25-11-9-16(10-12-25)30(28,29)23-20(26)22-19-17-7-3-5-14(17)13-15-6-4-8-18(15)19/h13,16H,3-12H2,1-2H3,(H2,22,23,26). The summed E-state index contributed by atoms with van der Waals surface area (Å²) in [6.07, 6.45) is 6.64. The summed E-state index contributed by atoms with van der Waals surface area (Å²) in [4.78, 5) is 27.8. The maximum Gasteiger partial charge on any atom is 0.332 e. The predicted molar refractivity (Wildman–Crippen MR) is 115 cm³/mol. The van der Waals surface area contributed by atoms with E-state index in [-0.39, 0.29) is 6.03 Å². The van der Waals surface area contributed by atoms with Crippen LogP contribution >= 0.6 is 0 Å². The summed E-state index contributed by atoms with van der Waals surface area (Å²) in [7, 11) is -0.464. The second kappa shape index (κ2) is 8.09. The SMILES string of the molecule is CN(C)C(=O)N1CCC(S(=O)(=O)NC(=O)Nc2c3c(cc4c2CCC4)CCC3)CC1. The van der Waals surface area contributed by atoms with E-state index in [4.69, 9.17) is 0 Å². The number of likely N-dealkylation sites (tertiary alicyclic amines) is 1. The monoisotopic (exact) mass is 434 g/mol. The smallest absolute Gasteiger partial charge is 0.331 e. The number of anilines is 1. The first-order chi connectivity index (χ1) is 14.3. The van der Waals surface area contributed by atoms with Crippen molar-refractivity contribution in [2.24, 2.45) is 0 Å². The van der Waals surface area contributed by atoms with Crippen molar-refractivity contribution < 1.29 is 18.0 Å². The van der Waals surface area contributed by atoms with Crippen LogP contribution < -0.4 is 10.0 Å². The second-order valence-electron chi connectivity index (χ2n) is 8.70. The fourth-order valence-electron chi connectivity index (χ4n) is 4.96. The molecule has 0 bridgehead atoms. The summed E-state index contributed by atoms with van der Waals surface area (Å²) in [6.45, 7) is 0.730. The van der Waals surface area contributed by atoms with E-state index >= 15 is 0 Å². The molecule has 4 rings (SSSR count). The molecule has 0 saturated carbocycles. The summed E-state index contributed by atoms with van der Waals surface area (Å²) in [6, 6.07) is 1.47. The van der Waals surface area contributed by atoms with Crippen LogP contribution in [0.1, 0.15) is 47.9 Å². The molecule has 3 aliphatic rings. The maximum atomic E-state index is 12.8. The van der Waals surface area contributed by atoms with E-state index in [9.17, 15) is 18.0 Å². The number of nitrogens with zero attached hydrogens (tertiary/aromatic N) is 2. The lowest BCUT2D eigenvalue weighted by Gasteiger charge is -2.33. The van der Waals surface area contributed by atoms with Crippen molar-refractivity contribution in [1.29, 1.82) is 0 Å². The van der Waals surface area contributed by atoms with Gasteiger partial charge in [-0.15, -0.1) is 0 Å². The molecule has 1 saturated heterocycles. The number of amides is 4. The number of piperidine rings is 1. The van der Waals surface area contributed by atoms with E-state index < -0.39 is 21.3 Å². The topological polar surface area (TPSA) is 98.8 Å². The zero-order valence-electron chi connectivity index (χ0n) is 17.7. The van der Waals surface area contributed by atoms with Gasteiger partial charge in [-0.1, -0.05) is 6.07 Å². The van der Waals surface area contributed by atoms with Crippen LogP contribution in [0.5, 0.6) is 0 Å². The zero-order chi connectivity index (χ0) is 21.5. The van der Waals surface area contributed by atoms with Crippen molar-refractivity contribution >= 4 is 27.8 Å². The molecular weight excluding hydrogens is 404 g/mol. The van der Waals surface area contributed by atoms with Gasteiger partial charge in [-0.25, -0.2) is 22.7 Å². The Morgan fingerprint density at radius 1 is 1.00 bits per heavy atom. The van der Waals surface area contributed by atoms with Gasteiger partial charge >= 0.3 is 12.1 Å². The Hall–Kier alpha value is -2.29. The van der Waals surface area contributed by atoms with Crippen LogP contribution in [0.3, 0.4) is 0 Å². The second-order valence-corrected chi connectivity index (χ2v) is 10.7. The zero-order valence-corrected chi connectivity index (χ0v) is 18.5.